The number of fused-ring (bicyclic) bond motifs is 1. The fourth-order valence-corrected chi connectivity index (χ4v) is 2.47. The zero-order valence-corrected chi connectivity index (χ0v) is 11.9. The highest BCUT2D eigenvalue weighted by Gasteiger charge is 2.08. The van der Waals surface area contributed by atoms with E-state index in [-0.39, 0.29) is 20.7 Å². The number of nitrogens with zero attached hydrogens (tertiary/aromatic N) is 1. The predicted molar refractivity (Wildman–Crippen MR) is 79.1 cm³/mol. The van der Waals surface area contributed by atoms with E-state index in [1.165, 1.54) is 17.0 Å². The Balaban J connectivity index is 2.19. The highest BCUT2D eigenvalue weighted by atomic mass is 127. The van der Waals surface area contributed by atoms with Crippen LogP contribution in [-0.2, 0) is 13.1 Å². The lowest BCUT2D eigenvalue weighted by molar-refractivity contribution is 0.736. The van der Waals surface area contributed by atoms with E-state index < -0.39 is 0 Å². The third-order valence-corrected chi connectivity index (χ3v) is 3.85. The summed E-state index contributed by atoms with van der Waals surface area (Å²) in [4.78, 5) is 2.26. The molecular formula is C13H17IN2. The van der Waals surface area contributed by atoms with Gasteiger partial charge in [-0.2, -0.15) is 0 Å². The molecule has 0 saturated heterocycles. The topological polar surface area (TPSA) is 17.0 Å². The molecule has 0 bridgehead atoms. The lowest BCUT2D eigenvalue weighted by atomic mass is 10.2. The maximum absolute atomic E-state index is 3.50. The molecular weight excluding hydrogens is 311 g/mol. The van der Waals surface area contributed by atoms with Crippen LogP contribution >= 0.6 is 20.7 Å². The summed E-state index contributed by atoms with van der Waals surface area (Å²) in [6.45, 7) is 4.12. The molecule has 2 nitrogen and oxygen atoms in total. The Morgan fingerprint density at radius 2 is 2.38 bits per heavy atom. The van der Waals surface area contributed by atoms with Crippen LogP contribution in [0.1, 0.15) is 12.6 Å². The molecule has 1 aliphatic heterocycles. The number of rotatable bonds is 2. The first kappa shape index (κ1) is 11.6. The van der Waals surface area contributed by atoms with Gasteiger partial charge in [-0.1, -0.05) is 6.08 Å². The molecule has 1 N–H and O–H groups in total. The number of alkyl halides is 1. The fourth-order valence-electron chi connectivity index (χ4n) is 1.85. The number of hydrogen-bond donors (Lipinski definition) is 1. The number of allylic oxidation sites excluding steroid dienone is 3. The maximum Gasteiger partial charge on any atom is 0.0553 e. The SMILES string of the molecule is CI=C/C=C\C1=C(C)Cn2cccc2CN1. The van der Waals surface area contributed by atoms with Gasteiger partial charge in [-0.3, -0.25) is 0 Å². The minimum Gasteiger partial charge on any atom is -0.379 e. The molecule has 1 aliphatic rings. The molecule has 16 heavy (non-hydrogen) atoms. The maximum atomic E-state index is 3.50. The Morgan fingerprint density at radius 1 is 1.50 bits per heavy atom. The van der Waals surface area contributed by atoms with Crippen molar-refractivity contribution in [2.75, 3.05) is 4.93 Å². The van der Waals surface area contributed by atoms with Crippen LogP contribution in [0.4, 0.5) is 0 Å². The van der Waals surface area contributed by atoms with E-state index in [4.69, 9.17) is 0 Å². The Labute approximate surface area is 107 Å². The average molecular weight is 328 g/mol. The van der Waals surface area contributed by atoms with E-state index in [1.807, 2.05) is 0 Å². The Hall–Kier alpha value is -0.840. The largest absolute Gasteiger partial charge is 0.379 e. The van der Waals surface area contributed by atoms with Crippen molar-refractivity contribution in [1.82, 2.24) is 9.88 Å². The van der Waals surface area contributed by atoms with Gasteiger partial charge in [0, 0.05) is 24.1 Å². The van der Waals surface area contributed by atoms with Gasteiger partial charge in [0.1, 0.15) is 0 Å². The first-order valence-corrected chi connectivity index (χ1v) is 8.77. The third-order valence-electron chi connectivity index (χ3n) is 2.71. The van der Waals surface area contributed by atoms with Crippen molar-refractivity contribution >= 4 is 24.7 Å². The van der Waals surface area contributed by atoms with Gasteiger partial charge < -0.3 is 9.88 Å². The molecule has 0 saturated carbocycles. The van der Waals surface area contributed by atoms with Crippen molar-refractivity contribution in [3.8, 4) is 0 Å². The molecule has 0 amide bonds. The van der Waals surface area contributed by atoms with E-state index in [0.717, 1.165) is 13.1 Å². The van der Waals surface area contributed by atoms with E-state index in [2.05, 4.69) is 56.2 Å². The summed E-state index contributed by atoms with van der Waals surface area (Å²) in [5.41, 5.74) is 4.03. The zero-order chi connectivity index (χ0) is 11.4. The summed E-state index contributed by atoms with van der Waals surface area (Å²) in [5.74, 6) is 0. The predicted octanol–water partition coefficient (Wildman–Crippen LogP) is 2.82. The number of aromatic nitrogens is 1. The molecule has 1 aromatic rings. The van der Waals surface area contributed by atoms with E-state index in [1.54, 1.807) is 0 Å². The zero-order valence-electron chi connectivity index (χ0n) is 9.70. The van der Waals surface area contributed by atoms with Crippen molar-refractivity contribution in [2.24, 2.45) is 0 Å². The highest BCUT2D eigenvalue weighted by Crippen LogP contribution is 2.14. The van der Waals surface area contributed by atoms with Gasteiger partial charge in [-0.05, 0) is 39.6 Å². The van der Waals surface area contributed by atoms with Crippen LogP contribution in [0.5, 0.6) is 0 Å². The minimum absolute atomic E-state index is 0.252. The van der Waals surface area contributed by atoms with Gasteiger partial charge in [0.05, 0.1) is 6.54 Å². The van der Waals surface area contributed by atoms with Crippen LogP contribution in [0, 0.1) is 0 Å². The molecule has 0 radical (unpaired) electrons. The van der Waals surface area contributed by atoms with Gasteiger partial charge in [-0.25, -0.2) is 0 Å². The van der Waals surface area contributed by atoms with Gasteiger partial charge in [0.2, 0.25) is 0 Å². The molecule has 0 aliphatic carbocycles. The molecule has 2 rings (SSSR count). The van der Waals surface area contributed by atoms with Gasteiger partial charge in [0.25, 0.3) is 0 Å². The highest BCUT2D eigenvalue weighted by molar-refractivity contribution is 14.2. The first-order valence-electron chi connectivity index (χ1n) is 5.37. The van der Waals surface area contributed by atoms with Crippen LogP contribution in [0.15, 0.2) is 41.8 Å². The van der Waals surface area contributed by atoms with Gasteiger partial charge in [-0.15, -0.1) is 20.7 Å². The lowest BCUT2D eigenvalue weighted by Gasteiger charge is -2.05. The van der Waals surface area contributed by atoms with Gasteiger partial charge >= 0.3 is 0 Å². The second-order valence-electron chi connectivity index (χ2n) is 3.88. The quantitative estimate of drug-likeness (QED) is 0.653. The first-order chi connectivity index (χ1) is 7.81. The standard InChI is InChI=1S/C13H17IN2/c1-11-10-16-8-4-5-12(16)9-15-13(11)6-3-7-14-2/h3-8,15H,9-10H2,1-2H3/b6-3-. The summed E-state index contributed by atoms with van der Waals surface area (Å²) in [6, 6.07) is 4.29. The minimum atomic E-state index is 0.252. The summed E-state index contributed by atoms with van der Waals surface area (Å²) < 4.78 is 4.59. The van der Waals surface area contributed by atoms with Crippen molar-refractivity contribution in [3.63, 3.8) is 0 Å². The van der Waals surface area contributed by atoms with Crippen molar-refractivity contribution < 1.29 is 0 Å². The molecule has 2 heterocycles. The Kier molecular flexibility index (Phi) is 3.98. The average Bonchev–Trinajstić information content (AvgIpc) is 2.65. The second-order valence-corrected chi connectivity index (χ2v) is 5.84. The van der Waals surface area contributed by atoms with Crippen LogP contribution in [-0.4, -0.2) is 13.5 Å². The van der Waals surface area contributed by atoms with E-state index in [9.17, 15) is 0 Å². The molecule has 1 aromatic heterocycles. The second kappa shape index (κ2) is 5.48. The van der Waals surface area contributed by atoms with Gasteiger partial charge in [0.15, 0.2) is 0 Å². The van der Waals surface area contributed by atoms with Crippen LogP contribution < -0.4 is 5.32 Å². The van der Waals surface area contributed by atoms with Crippen LogP contribution in [0.25, 0.3) is 0 Å². The smallest absolute Gasteiger partial charge is 0.0553 e. The number of nitrogens with one attached hydrogen (secondary N) is 1. The van der Waals surface area contributed by atoms with Crippen molar-refractivity contribution in [3.05, 3.63) is 47.4 Å². The van der Waals surface area contributed by atoms with Crippen LogP contribution in [0.2, 0.25) is 0 Å². The monoisotopic (exact) mass is 328 g/mol. The summed E-state index contributed by atoms with van der Waals surface area (Å²) in [5, 5.41) is 3.50. The van der Waals surface area contributed by atoms with E-state index >= 15 is 0 Å². The van der Waals surface area contributed by atoms with Crippen molar-refractivity contribution in [1.29, 1.82) is 0 Å². The summed E-state index contributed by atoms with van der Waals surface area (Å²) in [7, 11) is 0. The normalized spacial score (nSPS) is 17.1. The summed E-state index contributed by atoms with van der Waals surface area (Å²) >= 11 is 0.252. The molecule has 0 aromatic carbocycles. The molecule has 0 fully saturated rings. The Morgan fingerprint density at radius 3 is 3.19 bits per heavy atom. The number of halogens is 1. The molecule has 0 unspecified atom stereocenters. The summed E-state index contributed by atoms with van der Waals surface area (Å²) in [6.07, 6.45) is 6.53. The molecule has 86 valence electrons. The van der Waals surface area contributed by atoms with Crippen molar-refractivity contribution in [2.45, 2.75) is 20.0 Å². The van der Waals surface area contributed by atoms with E-state index in [0.29, 0.717) is 0 Å². The number of hydrogen-bond acceptors (Lipinski definition) is 1. The Bertz CT molecular complexity index is 452. The third kappa shape index (κ3) is 2.64. The van der Waals surface area contributed by atoms with Crippen LogP contribution in [0.3, 0.4) is 0 Å². The molecule has 3 heteroatoms. The molecule has 0 atom stereocenters. The molecule has 0 spiro atoms. The fraction of sp³-hybridized carbons (Fsp3) is 0.308. The lowest BCUT2D eigenvalue weighted by Crippen LogP contribution is -2.11.